The molecule has 0 saturated carbocycles. The number of nitriles is 1. The SMILES string of the molecule is CC1CN(C)CCC1NS(=O)(=O)Cc1ccccc1C#N. The Hall–Kier alpha value is -1.42. The van der Waals surface area contributed by atoms with Gasteiger partial charge in [0.1, 0.15) is 0 Å². The van der Waals surface area contributed by atoms with Crippen LogP contribution >= 0.6 is 0 Å². The Balaban J connectivity index is 2.07. The van der Waals surface area contributed by atoms with Crippen LogP contribution in [0.25, 0.3) is 0 Å². The zero-order chi connectivity index (χ0) is 15.5. The summed E-state index contributed by atoms with van der Waals surface area (Å²) < 4.78 is 27.5. The monoisotopic (exact) mass is 307 g/mol. The Morgan fingerprint density at radius 2 is 2.14 bits per heavy atom. The van der Waals surface area contributed by atoms with Crippen molar-refractivity contribution in [3.63, 3.8) is 0 Å². The average Bonchev–Trinajstić information content (AvgIpc) is 2.42. The number of piperidine rings is 1. The van der Waals surface area contributed by atoms with Gasteiger partial charge in [0, 0.05) is 12.6 Å². The van der Waals surface area contributed by atoms with Crippen LogP contribution in [0.3, 0.4) is 0 Å². The van der Waals surface area contributed by atoms with E-state index in [1.54, 1.807) is 24.3 Å². The molecule has 0 amide bonds. The van der Waals surface area contributed by atoms with Gasteiger partial charge in [0.2, 0.25) is 10.0 Å². The molecule has 1 fully saturated rings. The van der Waals surface area contributed by atoms with Gasteiger partial charge < -0.3 is 4.90 Å². The second-order valence-corrected chi connectivity index (χ2v) is 7.53. The lowest BCUT2D eigenvalue weighted by Gasteiger charge is -2.35. The smallest absolute Gasteiger partial charge is 0.216 e. The summed E-state index contributed by atoms with van der Waals surface area (Å²) in [5, 5.41) is 9.04. The van der Waals surface area contributed by atoms with E-state index in [1.165, 1.54) is 0 Å². The maximum atomic E-state index is 12.3. The fraction of sp³-hybridized carbons (Fsp3) is 0.533. The van der Waals surface area contributed by atoms with E-state index in [9.17, 15) is 8.42 Å². The van der Waals surface area contributed by atoms with Gasteiger partial charge in [0.25, 0.3) is 0 Å². The number of nitrogens with one attached hydrogen (secondary N) is 1. The Morgan fingerprint density at radius 1 is 1.43 bits per heavy atom. The molecule has 2 atom stereocenters. The van der Waals surface area contributed by atoms with Crippen molar-refractivity contribution < 1.29 is 8.42 Å². The molecule has 0 bridgehead atoms. The molecule has 1 aliphatic rings. The van der Waals surface area contributed by atoms with Crippen LogP contribution in [0, 0.1) is 17.2 Å². The molecule has 1 aromatic rings. The molecule has 6 heteroatoms. The Kier molecular flexibility index (Phi) is 4.99. The third-order valence-corrected chi connectivity index (χ3v) is 5.28. The molecule has 1 aliphatic heterocycles. The van der Waals surface area contributed by atoms with Gasteiger partial charge in [-0.2, -0.15) is 5.26 Å². The lowest BCUT2D eigenvalue weighted by Crippen LogP contribution is -2.49. The highest BCUT2D eigenvalue weighted by Gasteiger charge is 2.28. The maximum absolute atomic E-state index is 12.3. The fourth-order valence-electron chi connectivity index (χ4n) is 2.76. The van der Waals surface area contributed by atoms with Gasteiger partial charge in [0.15, 0.2) is 0 Å². The van der Waals surface area contributed by atoms with E-state index < -0.39 is 10.0 Å². The van der Waals surface area contributed by atoms with Crippen LogP contribution in [0.2, 0.25) is 0 Å². The largest absolute Gasteiger partial charge is 0.306 e. The molecular formula is C15H21N3O2S. The van der Waals surface area contributed by atoms with Crippen LogP contribution < -0.4 is 4.72 Å². The fourth-order valence-corrected chi connectivity index (χ4v) is 4.32. The first-order valence-corrected chi connectivity index (χ1v) is 8.73. The summed E-state index contributed by atoms with van der Waals surface area (Å²) >= 11 is 0. The zero-order valence-corrected chi connectivity index (χ0v) is 13.2. The Bertz CT molecular complexity index is 637. The maximum Gasteiger partial charge on any atom is 0.216 e. The number of likely N-dealkylation sites (tertiary alicyclic amines) is 1. The lowest BCUT2D eigenvalue weighted by atomic mass is 9.95. The number of nitrogens with zero attached hydrogens (tertiary/aromatic N) is 2. The molecule has 1 heterocycles. The molecule has 114 valence electrons. The van der Waals surface area contributed by atoms with Crippen LogP contribution in [0.4, 0.5) is 0 Å². The van der Waals surface area contributed by atoms with Crippen LogP contribution in [0.5, 0.6) is 0 Å². The minimum absolute atomic E-state index is 0.0274. The lowest BCUT2D eigenvalue weighted by molar-refractivity contribution is 0.188. The van der Waals surface area contributed by atoms with Crippen LogP contribution in [0.1, 0.15) is 24.5 Å². The number of sulfonamides is 1. The highest BCUT2D eigenvalue weighted by Crippen LogP contribution is 2.18. The van der Waals surface area contributed by atoms with Gasteiger partial charge in [-0.15, -0.1) is 0 Å². The van der Waals surface area contributed by atoms with Crippen molar-refractivity contribution in [1.82, 2.24) is 9.62 Å². The van der Waals surface area contributed by atoms with E-state index in [-0.39, 0.29) is 17.7 Å². The molecular weight excluding hydrogens is 286 g/mol. The molecule has 1 N–H and O–H groups in total. The molecule has 0 aromatic heterocycles. The van der Waals surface area contributed by atoms with Crippen LogP contribution in [-0.4, -0.2) is 39.5 Å². The summed E-state index contributed by atoms with van der Waals surface area (Å²) in [4.78, 5) is 2.21. The highest BCUT2D eigenvalue weighted by atomic mass is 32.2. The topological polar surface area (TPSA) is 73.2 Å². The number of hydrogen-bond donors (Lipinski definition) is 1. The minimum Gasteiger partial charge on any atom is -0.306 e. The minimum atomic E-state index is -3.44. The summed E-state index contributed by atoms with van der Waals surface area (Å²) in [7, 11) is -1.39. The van der Waals surface area contributed by atoms with Crippen molar-refractivity contribution in [2.75, 3.05) is 20.1 Å². The van der Waals surface area contributed by atoms with Crippen molar-refractivity contribution in [2.24, 2.45) is 5.92 Å². The van der Waals surface area contributed by atoms with Gasteiger partial charge in [0.05, 0.1) is 17.4 Å². The van der Waals surface area contributed by atoms with Crippen LogP contribution in [-0.2, 0) is 15.8 Å². The Labute approximate surface area is 126 Å². The van der Waals surface area contributed by atoms with E-state index in [1.807, 2.05) is 13.1 Å². The molecule has 2 rings (SSSR count). The highest BCUT2D eigenvalue weighted by molar-refractivity contribution is 7.88. The molecule has 1 aromatic carbocycles. The van der Waals surface area contributed by atoms with E-state index in [0.29, 0.717) is 11.1 Å². The first-order valence-electron chi connectivity index (χ1n) is 7.08. The molecule has 0 aliphatic carbocycles. The average molecular weight is 307 g/mol. The summed E-state index contributed by atoms with van der Waals surface area (Å²) in [6.07, 6.45) is 0.816. The predicted molar refractivity (Wildman–Crippen MR) is 82.0 cm³/mol. The third kappa shape index (κ3) is 4.27. The summed E-state index contributed by atoms with van der Waals surface area (Å²) in [5.41, 5.74) is 0.965. The molecule has 21 heavy (non-hydrogen) atoms. The first-order chi connectivity index (χ1) is 9.91. The molecule has 5 nitrogen and oxygen atoms in total. The van der Waals surface area contributed by atoms with E-state index >= 15 is 0 Å². The van der Waals surface area contributed by atoms with Crippen LogP contribution in [0.15, 0.2) is 24.3 Å². The standard InChI is InChI=1S/C15H21N3O2S/c1-12-10-18(2)8-7-15(12)17-21(19,20)11-14-6-4-3-5-13(14)9-16/h3-6,12,15,17H,7-8,10-11H2,1-2H3. The van der Waals surface area contributed by atoms with E-state index in [4.69, 9.17) is 5.26 Å². The van der Waals surface area contributed by atoms with Crippen molar-refractivity contribution in [3.8, 4) is 6.07 Å². The van der Waals surface area contributed by atoms with Gasteiger partial charge >= 0.3 is 0 Å². The third-order valence-electron chi connectivity index (χ3n) is 3.92. The second-order valence-electron chi connectivity index (χ2n) is 5.78. The molecule has 2 unspecified atom stereocenters. The number of rotatable bonds is 4. The number of benzene rings is 1. The Morgan fingerprint density at radius 3 is 2.81 bits per heavy atom. The van der Waals surface area contributed by atoms with Gasteiger partial charge in [-0.1, -0.05) is 25.1 Å². The molecule has 0 spiro atoms. The van der Waals surface area contributed by atoms with Crippen molar-refractivity contribution in [3.05, 3.63) is 35.4 Å². The normalized spacial score (nSPS) is 23.7. The predicted octanol–water partition coefficient (Wildman–Crippen LogP) is 1.32. The molecule has 1 saturated heterocycles. The second kappa shape index (κ2) is 6.56. The summed E-state index contributed by atoms with van der Waals surface area (Å²) in [6.45, 7) is 3.85. The van der Waals surface area contributed by atoms with Crippen molar-refractivity contribution in [1.29, 1.82) is 5.26 Å². The molecule has 0 radical (unpaired) electrons. The van der Waals surface area contributed by atoms with Gasteiger partial charge in [-0.25, -0.2) is 13.1 Å². The van der Waals surface area contributed by atoms with Crippen molar-refractivity contribution >= 4 is 10.0 Å². The van der Waals surface area contributed by atoms with E-state index in [2.05, 4.69) is 16.5 Å². The van der Waals surface area contributed by atoms with Gasteiger partial charge in [-0.05, 0) is 37.6 Å². The van der Waals surface area contributed by atoms with Gasteiger partial charge in [-0.3, -0.25) is 0 Å². The quantitative estimate of drug-likeness (QED) is 0.910. The zero-order valence-electron chi connectivity index (χ0n) is 12.4. The van der Waals surface area contributed by atoms with Crippen molar-refractivity contribution in [2.45, 2.75) is 25.1 Å². The summed E-state index contributed by atoms with van der Waals surface area (Å²) in [6, 6.07) is 8.83. The van der Waals surface area contributed by atoms with E-state index in [0.717, 1.165) is 19.5 Å². The first kappa shape index (κ1) is 16.0. The summed E-state index contributed by atoms with van der Waals surface area (Å²) in [5.74, 6) is 0.139. The number of hydrogen-bond acceptors (Lipinski definition) is 4.